The highest BCUT2D eigenvalue weighted by atomic mass is 35.5. The smallest absolute Gasteiger partial charge is 0.233 e. The molecule has 1 aromatic heterocycles. The number of halogens is 2. The van der Waals surface area contributed by atoms with E-state index in [-0.39, 0.29) is 17.9 Å². The van der Waals surface area contributed by atoms with Gasteiger partial charge in [0.05, 0.1) is 17.2 Å². The van der Waals surface area contributed by atoms with E-state index >= 15 is 0 Å². The molecule has 0 aliphatic rings. The molecule has 0 aliphatic heterocycles. The molecule has 0 saturated heterocycles. The van der Waals surface area contributed by atoms with E-state index in [1.807, 2.05) is 0 Å². The van der Waals surface area contributed by atoms with E-state index in [0.717, 1.165) is 5.56 Å². The average molecular weight is 297 g/mol. The van der Waals surface area contributed by atoms with Gasteiger partial charge in [0.25, 0.3) is 0 Å². The zero-order valence-electron chi connectivity index (χ0n) is 10.1. The molecule has 98 valence electrons. The van der Waals surface area contributed by atoms with Gasteiger partial charge in [-0.3, -0.25) is 4.79 Å². The second kappa shape index (κ2) is 5.99. The predicted octanol–water partition coefficient (Wildman–Crippen LogP) is 3.22. The Labute approximate surface area is 120 Å². The first-order valence-corrected chi connectivity index (χ1v) is 6.20. The van der Waals surface area contributed by atoms with Crippen LogP contribution in [0.3, 0.4) is 0 Å². The highest BCUT2D eigenvalue weighted by molar-refractivity contribution is 6.42. The SMILES string of the molecule is COc1ccc(C(=O)Cc2ccc(Cl)c(Cl)c2)nn1. The lowest BCUT2D eigenvalue weighted by molar-refractivity contribution is 0.0987. The zero-order chi connectivity index (χ0) is 13.8. The average Bonchev–Trinajstić information content (AvgIpc) is 2.43. The van der Waals surface area contributed by atoms with Crippen LogP contribution in [-0.4, -0.2) is 23.1 Å². The molecule has 0 amide bonds. The largest absolute Gasteiger partial charge is 0.480 e. The Morgan fingerprint density at radius 2 is 1.95 bits per heavy atom. The summed E-state index contributed by atoms with van der Waals surface area (Å²) in [4.78, 5) is 12.0. The van der Waals surface area contributed by atoms with Crippen LogP contribution in [0.5, 0.6) is 5.88 Å². The number of rotatable bonds is 4. The molecule has 0 saturated carbocycles. The van der Waals surface area contributed by atoms with Crippen molar-refractivity contribution in [1.82, 2.24) is 10.2 Å². The van der Waals surface area contributed by atoms with E-state index in [2.05, 4.69) is 10.2 Å². The first kappa shape index (κ1) is 13.8. The van der Waals surface area contributed by atoms with Crippen LogP contribution in [0.4, 0.5) is 0 Å². The minimum Gasteiger partial charge on any atom is -0.480 e. The Balaban J connectivity index is 2.13. The lowest BCUT2D eigenvalue weighted by atomic mass is 10.1. The summed E-state index contributed by atoms with van der Waals surface area (Å²) in [6.45, 7) is 0. The Morgan fingerprint density at radius 3 is 2.53 bits per heavy atom. The number of nitrogens with zero attached hydrogens (tertiary/aromatic N) is 2. The number of Topliss-reactive ketones (excluding diaryl/α,β-unsaturated/α-hetero) is 1. The number of carbonyl (C=O) groups excluding carboxylic acids is 1. The summed E-state index contributed by atoms with van der Waals surface area (Å²) in [6, 6.07) is 8.24. The molecule has 6 heteroatoms. The summed E-state index contributed by atoms with van der Waals surface area (Å²) in [5.41, 5.74) is 1.06. The Kier molecular flexibility index (Phi) is 4.35. The van der Waals surface area contributed by atoms with Crippen molar-refractivity contribution in [3.8, 4) is 5.88 Å². The molecule has 1 heterocycles. The van der Waals surface area contributed by atoms with Gasteiger partial charge in [0, 0.05) is 12.5 Å². The summed E-state index contributed by atoms with van der Waals surface area (Å²) in [5.74, 6) is 0.222. The molecule has 0 bridgehead atoms. The van der Waals surface area contributed by atoms with E-state index in [1.54, 1.807) is 30.3 Å². The van der Waals surface area contributed by atoms with E-state index in [0.29, 0.717) is 15.9 Å². The van der Waals surface area contributed by atoms with Crippen molar-refractivity contribution >= 4 is 29.0 Å². The van der Waals surface area contributed by atoms with Crippen molar-refractivity contribution in [3.63, 3.8) is 0 Å². The Bertz CT molecular complexity index is 600. The number of methoxy groups -OCH3 is 1. The van der Waals surface area contributed by atoms with Gasteiger partial charge in [-0.05, 0) is 23.8 Å². The molecule has 0 atom stereocenters. The van der Waals surface area contributed by atoms with Crippen LogP contribution >= 0.6 is 23.2 Å². The fourth-order valence-electron chi connectivity index (χ4n) is 1.50. The molecule has 0 unspecified atom stereocenters. The second-order valence-electron chi connectivity index (χ2n) is 3.81. The highest BCUT2D eigenvalue weighted by Gasteiger charge is 2.10. The van der Waals surface area contributed by atoms with Crippen LogP contribution in [0.1, 0.15) is 16.1 Å². The molecular formula is C13H10Cl2N2O2. The van der Waals surface area contributed by atoms with Crippen molar-refractivity contribution in [2.24, 2.45) is 0 Å². The summed E-state index contributed by atoms with van der Waals surface area (Å²) in [5, 5.41) is 8.44. The van der Waals surface area contributed by atoms with Crippen molar-refractivity contribution in [2.45, 2.75) is 6.42 Å². The molecular weight excluding hydrogens is 287 g/mol. The normalized spacial score (nSPS) is 10.3. The van der Waals surface area contributed by atoms with Gasteiger partial charge in [-0.15, -0.1) is 10.2 Å². The van der Waals surface area contributed by atoms with Crippen LogP contribution in [0.2, 0.25) is 10.0 Å². The van der Waals surface area contributed by atoms with Crippen LogP contribution in [0, 0.1) is 0 Å². The maximum atomic E-state index is 12.0. The Morgan fingerprint density at radius 1 is 1.16 bits per heavy atom. The molecule has 0 aliphatic carbocycles. The standard InChI is InChI=1S/C13H10Cl2N2O2/c1-19-13-5-4-11(16-17-13)12(18)7-8-2-3-9(14)10(15)6-8/h2-6H,7H2,1H3. The van der Waals surface area contributed by atoms with Gasteiger partial charge in [-0.25, -0.2) is 0 Å². The van der Waals surface area contributed by atoms with Crippen molar-refractivity contribution < 1.29 is 9.53 Å². The minimum atomic E-state index is -0.145. The number of carbonyl (C=O) groups is 1. The number of hydrogen-bond donors (Lipinski definition) is 0. The molecule has 2 rings (SSSR count). The van der Waals surface area contributed by atoms with Gasteiger partial charge in [0.15, 0.2) is 5.78 Å². The number of ether oxygens (including phenoxy) is 1. The number of aromatic nitrogens is 2. The molecule has 2 aromatic rings. The van der Waals surface area contributed by atoms with Crippen LogP contribution < -0.4 is 4.74 Å². The van der Waals surface area contributed by atoms with Crippen LogP contribution in [0.25, 0.3) is 0 Å². The van der Waals surface area contributed by atoms with Gasteiger partial charge >= 0.3 is 0 Å². The highest BCUT2D eigenvalue weighted by Crippen LogP contribution is 2.23. The lowest BCUT2D eigenvalue weighted by Gasteiger charge is -2.03. The van der Waals surface area contributed by atoms with Gasteiger partial charge in [-0.1, -0.05) is 29.3 Å². The van der Waals surface area contributed by atoms with Crippen LogP contribution in [-0.2, 0) is 6.42 Å². The predicted molar refractivity (Wildman–Crippen MR) is 73.1 cm³/mol. The van der Waals surface area contributed by atoms with E-state index in [4.69, 9.17) is 27.9 Å². The Hall–Kier alpha value is -1.65. The third kappa shape index (κ3) is 3.43. The van der Waals surface area contributed by atoms with E-state index in [9.17, 15) is 4.79 Å². The maximum Gasteiger partial charge on any atom is 0.233 e. The monoisotopic (exact) mass is 296 g/mol. The van der Waals surface area contributed by atoms with Crippen molar-refractivity contribution in [3.05, 3.63) is 51.6 Å². The first-order chi connectivity index (χ1) is 9.10. The lowest BCUT2D eigenvalue weighted by Crippen LogP contribution is -2.07. The summed E-state index contributed by atoms with van der Waals surface area (Å²) >= 11 is 11.7. The number of hydrogen-bond acceptors (Lipinski definition) is 4. The quantitative estimate of drug-likeness (QED) is 0.813. The second-order valence-corrected chi connectivity index (χ2v) is 4.62. The fraction of sp³-hybridized carbons (Fsp3) is 0.154. The first-order valence-electron chi connectivity index (χ1n) is 5.45. The molecule has 4 nitrogen and oxygen atoms in total. The fourth-order valence-corrected chi connectivity index (χ4v) is 1.82. The van der Waals surface area contributed by atoms with Gasteiger partial charge in [-0.2, -0.15) is 0 Å². The van der Waals surface area contributed by atoms with E-state index < -0.39 is 0 Å². The number of benzene rings is 1. The summed E-state index contributed by atoms with van der Waals surface area (Å²) in [7, 11) is 1.49. The molecule has 0 spiro atoms. The van der Waals surface area contributed by atoms with E-state index in [1.165, 1.54) is 7.11 Å². The summed E-state index contributed by atoms with van der Waals surface area (Å²) < 4.78 is 4.88. The molecule has 1 aromatic carbocycles. The third-order valence-corrected chi connectivity index (χ3v) is 3.22. The summed E-state index contributed by atoms with van der Waals surface area (Å²) in [6.07, 6.45) is 0.192. The molecule has 0 N–H and O–H groups in total. The maximum absolute atomic E-state index is 12.0. The van der Waals surface area contributed by atoms with Gasteiger partial charge in [0.1, 0.15) is 5.69 Å². The topological polar surface area (TPSA) is 52.1 Å². The number of ketones is 1. The zero-order valence-corrected chi connectivity index (χ0v) is 11.6. The van der Waals surface area contributed by atoms with Crippen LogP contribution in [0.15, 0.2) is 30.3 Å². The minimum absolute atomic E-state index is 0.145. The molecule has 0 radical (unpaired) electrons. The third-order valence-electron chi connectivity index (χ3n) is 2.48. The van der Waals surface area contributed by atoms with Crippen molar-refractivity contribution in [1.29, 1.82) is 0 Å². The van der Waals surface area contributed by atoms with Gasteiger partial charge < -0.3 is 4.74 Å². The molecule has 19 heavy (non-hydrogen) atoms. The molecule has 0 fully saturated rings. The van der Waals surface area contributed by atoms with Crippen molar-refractivity contribution in [2.75, 3.05) is 7.11 Å². The van der Waals surface area contributed by atoms with Gasteiger partial charge in [0.2, 0.25) is 5.88 Å².